The van der Waals surface area contributed by atoms with Crippen LogP contribution >= 0.6 is 0 Å². The molecule has 1 aromatic carbocycles. The number of hydrogen-bond acceptors (Lipinski definition) is 3. The lowest BCUT2D eigenvalue weighted by Crippen LogP contribution is -2.46. The average Bonchev–Trinajstić information content (AvgIpc) is 2.62. The van der Waals surface area contributed by atoms with Crippen molar-refractivity contribution in [1.82, 2.24) is 10.2 Å². The van der Waals surface area contributed by atoms with E-state index in [0.29, 0.717) is 18.5 Å². The van der Waals surface area contributed by atoms with Crippen molar-refractivity contribution in [3.05, 3.63) is 29.3 Å². The van der Waals surface area contributed by atoms with Crippen LogP contribution < -0.4 is 10.2 Å². The molecule has 3 rings (SSSR count). The lowest BCUT2D eigenvalue weighted by Gasteiger charge is -2.33. The SMILES string of the molecule is C[C@H]1CCCC[C@@H]1NC(=O)CN1CCCc2cc(C(=O)N(C)C)ccc21. The standard InChI is InChI=1S/C21H31N3O2/c1-15-7-4-5-9-18(15)22-20(25)14-24-12-6-8-16-13-17(10-11-19(16)24)21(26)23(2)3/h10-11,13,15,18H,4-9,12,14H2,1-3H3,(H,22,25)/t15-,18-/m0/s1. The molecule has 2 amide bonds. The molecule has 0 spiro atoms. The summed E-state index contributed by atoms with van der Waals surface area (Å²) in [7, 11) is 3.54. The van der Waals surface area contributed by atoms with Gasteiger partial charge in [0.1, 0.15) is 0 Å². The van der Waals surface area contributed by atoms with Gasteiger partial charge in [-0.1, -0.05) is 19.8 Å². The number of carbonyl (C=O) groups excluding carboxylic acids is 2. The maximum atomic E-state index is 12.6. The first-order valence-electron chi connectivity index (χ1n) is 9.84. The number of hydrogen-bond donors (Lipinski definition) is 1. The number of benzene rings is 1. The molecule has 5 heteroatoms. The number of aryl methyl sites for hydroxylation is 1. The minimum atomic E-state index is 0.0222. The molecule has 26 heavy (non-hydrogen) atoms. The Bertz CT molecular complexity index is 671. The molecule has 0 aromatic heterocycles. The van der Waals surface area contributed by atoms with Crippen molar-refractivity contribution < 1.29 is 9.59 Å². The number of fused-ring (bicyclic) bond motifs is 1. The molecule has 1 aliphatic carbocycles. The first-order chi connectivity index (χ1) is 12.5. The zero-order valence-corrected chi connectivity index (χ0v) is 16.3. The molecule has 1 saturated carbocycles. The minimum absolute atomic E-state index is 0.0222. The Kier molecular flexibility index (Phi) is 5.84. The van der Waals surface area contributed by atoms with Crippen LogP contribution in [0, 0.1) is 5.92 Å². The van der Waals surface area contributed by atoms with Gasteiger partial charge in [0.25, 0.3) is 5.91 Å². The van der Waals surface area contributed by atoms with E-state index in [-0.39, 0.29) is 11.8 Å². The van der Waals surface area contributed by atoms with Crippen molar-refractivity contribution in [2.45, 2.75) is 51.5 Å². The van der Waals surface area contributed by atoms with Gasteiger partial charge in [0, 0.05) is 37.9 Å². The fourth-order valence-corrected chi connectivity index (χ4v) is 4.19. The molecule has 5 nitrogen and oxygen atoms in total. The van der Waals surface area contributed by atoms with Gasteiger partial charge >= 0.3 is 0 Å². The van der Waals surface area contributed by atoms with Crippen molar-refractivity contribution in [3.8, 4) is 0 Å². The number of nitrogens with zero attached hydrogens (tertiary/aromatic N) is 2. The summed E-state index contributed by atoms with van der Waals surface area (Å²) in [6.07, 6.45) is 6.77. The monoisotopic (exact) mass is 357 g/mol. The van der Waals surface area contributed by atoms with Gasteiger partial charge in [-0.3, -0.25) is 9.59 Å². The third kappa shape index (κ3) is 4.19. The molecule has 2 atom stereocenters. The molecule has 0 bridgehead atoms. The van der Waals surface area contributed by atoms with Gasteiger partial charge in [-0.25, -0.2) is 0 Å². The first-order valence-corrected chi connectivity index (χ1v) is 9.84. The van der Waals surface area contributed by atoms with Gasteiger partial charge in [0.2, 0.25) is 5.91 Å². The summed E-state index contributed by atoms with van der Waals surface area (Å²) in [5, 5.41) is 3.25. The van der Waals surface area contributed by atoms with E-state index in [1.165, 1.54) is 24.8 Å². The fraction of sp³-hybridized carbons (Fsp3) is 0.619. The second-order valence-corrected chi connectivity index (χ2v) is 8.00. The third-order valence-electron chi connectivity index (χ3n) is 5.74. The van der Waals surface area contributed by atoms with Gasteiger partial charge in [-0.2, -0.15) is 0 Å². The average molecular weight is 357 g/mol. The summed E-state index contributed by atoms with van der Waals surface area (Å²) in [5.74, 6) is 0.708. The van der Waals surface area contributed by atoms with E-state index in [9.17, 15) is 9.59 Å². The highest BCUT2D eigenvalue weighted by molar-refractivity contribution is 5.94. The van der Waals surface area contributed by atoms with E-state index in [4.69, 9.17) is 0 Å². The van der Waals surface area contributed by atoms with Crippen LogP contribution in [0.2, 0.25) is 0 Å². The predicted octanol–water partition coefficient (Wildman–Crippen LogP) is 2.84. The highest BCUT2D eigenvalue weighted by Gasteiger charge is 2.25. The largest absolute Gasteiger partial charge is 0.362 e. The Hall–Kier alpha value is -2.04. The molecular weight excluding hydrogens is 326 g/mol. The number of nitrogens with one attached hydrogen (secondary N) is 1. The van der Waals surface area contributed by atoms with Crippen molar-refractivity contribution in [1.29, 1.82) is 0 Å². The number of amides is 2. The van der Waals surface area contributed by atoms with Crippen LogP contribution in [0.4, 0.5) is 5.69 Å². The third-order valence-corrected chi connectivity index (χ3v) is 5.74. The van der Waals surface area contributed by atoms with Gasteiger partial charge in [0.15, 0.2) is 0 Å². The van der Waals surface area contributed by atoms with E-state index in [1.807, 2.05) is 18.2 Å². The van der Waals surface area contributed by atoms with E-state index >= 15 is 0 Å². The van der Waals surface area contributed by atoms with E-state index in [0.717, 1.165) is 37.1 Å². The quantitative estimate of drug-likeness (QED) is 0.901. The lowest BCUT2D eigenvalue weighted by molar-refractivity contribution is -0.121. The maximum absolute atomic E-state index is 12.6. The number of anilines is 1. The molecule has 2 aliphatic rings. The van der Waals surface area contributed by atoms with Gasteiger partial charge in [0.05, 0.1) is 6.54 Å². The maximum Gasteiger partial charge on any atom is 0.253 e. The van der Waals surface area contributed by atoms with Crippen LogP contribution in [-0.4, -0.2) is 49.9 Å². The zero-order valence-electron chi connectivity index (χ0n) is 16.3. The van der Waals surface area contributed by atoms with Crippen LogP contribution in [-0.2, 0) is 11.2 Å². The Morgan fingerprint density at radius 2 is 1.96 bits per heavy atom. The van der Waals surface area contributed by atoms with Crippen LogP contribution in [0.5, 0.6) is 0 Å². The first kappa shape index (κ1) is 18.7. The molecule has 1 fully saturated rings. The van der Waals surface area contributed by atoms with Crippen LogP contribution in [0.3, 0.4) is 0 Å². The minimum Gasteiger partial charge on any atom is -0.362 e. The summed E-state index contributed by atoms with van der Waals surface area (Å²) >= 11 is 0. The van der Waals surface area contributed by atoms with Gasteiger partial charge in [-0.05, 0) is 55.4 Å². The molecule has 142 valence electrons. The molecule has 0 unspecified atom stereocenters. The van der Waals surface area contributed by atoms with Gasteiger partial charge in [-0.15, -0.1) is 0 Å². The Morgan fingerprint density at radius 1 is 1.19 bits per heavy atom. The summed E-state index contributed by atoms with van der Waals surface area (Å²) < 4.78 is 0. The summed E-state index contributed by atoms with van der Waals surface area (Å²) in [6.45, 7) is 3.53. The van der Waals surface area contributed by atoms with Crippen LogP contribution in [0.15, 0.2) is 18.2 Å². The molecule has 1 N–H and O–H groups in total. The smallest absolute Gasteiger partial charge is 0.253 e. The molecular formula is C21H31N3O2. The van der Waals surface area contributed by atoms with Crippen molar-refractivity contribution in [2.75, 3.05) is 32.1 Å². The second kappa shape index (κ2) is 8.11. The zero-order chi connectivity index (χ0) is 18.7. The lowest BCUT2D eigenvalue weighted by atomic mass is 9.86. The second-order valence-electron chi connectivity index (χ2n) is 8.00. The summed E-state index contributed by atoms with van der Waals surface area (Å²) in [4.78, 5) is 28.5. The fourth-order valence-electron chi connectivity index (χ4n) is 4.19. The van der Waals surface area contributed by atoms with Crippen molar-refractivity contribution >= 4 is 17.5 Å². The molecule has 0 saturated heterocycles. The van der Waals surface area contributed by atoms with Crippen molar-refractivity contribution in [2.24, 2.45) is 5.92 Å². The molecule has 1 aromatic rings. The normalized spacial score (nSPS) is 22.5. The topological polar surface area (TPSA) is 52.7 Å². The highest BCUT2D eigenvalue weighted by Crippen LogP contribution is 2.28. The van der Waals surface area contributed by atoms with E-state index in [1.54, 1.807) is 19.0 Å². The van der Waals surface area contributed by atoms with Crippen molar-refractivity contribution in [3.63, 3.8) is 0 Å². The molecule has 1 aliphatic heterocycles. The van der Waals surface area contributed by atoms with Crippen LogP contribution in [0.1, 0.15) is 54.9 Å². The van der Waals surface area contributed by atoms with Crippen LogP contribution in [0.25, 0.3) is 0 Å². The predicted molar refractivity (Wildman–Crippen MR) is 105 cm³/mol. The summed E-state index contributed by atoms with van der Waals surface area (Å²) in [6, 6.07) is 6.19. The Labute approximate surface area is 156 Å². The Balaban J connectivity index is 1.67. The van der Waals surface area contributed by atoms with E-state index < -0.39 is 0 Å². The summed E-state index contributed by atoms with van der Waals surface area (Å²) in [5.41, 5.74) is 2.98. The highest BCUT2D eigenvalue weighted by atomic mass is 16.2. The number of carbonyl (C=O) groups is 2. The molecule has 1 heterocycles. The van der Waals surface area contributed by atoms with Gasteiger partial charge < -0.3 is 15.1 Å². The number of rotatable bonds is 4. The van der Waals surface area contributed by atoms with E-state index in [2.05, 4.69) is 17.1 Å². The molecule has 0 radical (unpaired) electrons. The Morgan fingerprint density at radius 3 is 2.69 bits per heavy atom.